The van der Waals surface area contributed by atoms with Crippen LogP contribution in [0.3, 0.4) is 0 Å². The van der Waals surface area contributed by atoms with E-state index in [-0.39, 0.29) is 11.5 Å². The Hall–Kier alpha value is -1.75. The minimum absolute atomic E-state index is 0.0532. The summed E-state index contributed by atoms with van der Waals surface area (Å²) in [4.78, 5) is 4.18. The molecule has 0 atom stereocenters. The summed E-state index contributed by atoms with van der Waals surface area (Å²) in [6, 6.07) is 6.51. The molecule has 94 valence electrons. The Morgan fingerprint density at radius 1 is 1.28 bits per heavy atom. The average Bonchev–Trinajstić information content (AvgIpc) is 2.32. The number of phenols is 2. The summed E-state index contributed by atoms with van der Waals surface area (Å²) in [7, 11) is 0. The Labute approximate surface area is 113 Å². The van der Waals surface area contributed by atoms with Gasteiger partial charge in [-0.3, -0.25) is 0 Å². The highest BCUT2D eigenvalue weighted by Crippen LogP contribution is 2.24. The zero-order valence-corrected chi connectivity index (χ0v) is 11.4. The predicted molar refractivity (Wildman–Crippen MR) is 73.8 cm³/mol. The number of benzene rings is 1. The van der Waals surface area contributed by atoms with Crippen molar-refractivity contribution in [1.82, 2.24) is 4.98 Å². The van der Waals surface area contributed by atoms with Crippen LogP contribution in [-0.4, -0.2) is 15.2 Å². The first-order chi connectivity index (χ1) is 8.56. The Kier molecular flexibility index (Phi) is 3.72. The van der Waals surface area contributed by atoms with Crippen LogP contribution in [-0.2, 0) is 6.54 Å². The third-order valence-electron chi connectivity index (χ3n) is 2.57. The highest BCUT2D eigenvalue weighted by molar-refractivity contribution is 9.10. The van der Waals surface area contributed by atoms with Crippen molar-refractivity contribution in [3.63, 3.8) is 0 Å². The van der Waals surface area contributed by atoms with Crippen LogP contribution in [0.2, 0.25) is 0 Å². The van der Waals surface area contributed by atoms with Gasteiger partial charge in [0.15, 0.2) is 0 Å². The Bertz CT molecular complexity index is 573. The van der Waals surface area contributed by atoms with E-state index in [4.69, 9.17) is 0 Å². The van der Waals surface area contributed by atoms with Gasteiger partial charge in [-0.25, -0.2) is 4.98 Å². The second-order valence-electron chi connectivity index (χ2n) is 4.00. The number of aromatic hydroxyl groups is 2. The number of nitrogens with one attached hydrogen (secondary N) is 1. The molecular formula is C13H13BrN2O2. The number of halogens is 1. The fourth-order valence-electron chi connectivity index (χ4n) is 1.55. The molecule has 1 heterocycles. The van der Waals surface area contributed by atoms with Gasteiger partial charge in [-0.15, -0.1) is 0 Å². The van der Waals surface area contributed by atoms with Crippen molar-refractivity contribution in [1.29, 1.82) is 0 Å². The third kappa shape index (κ3) is 2.92. The molecule has 0 spiro atoms. The van der Waals surface area contributed by atoms with Gasteiger partial charge in [-0.1, -0.05) is 0 Å². The highest BCUT2D eigenvalue weighted by atomic mass is 79.9. The maximum atomic E-state index is 9.64. The van der Waals surface area contributed by atoms with Crippen molar-refractivity contribution in [3.8, 4) is 11.5 Å². The van der Waals surface area contributed by atoms with Crippen molar-refractivity contribution >= 4 is 21.6 Å². The predicted octanol–water partition coefficient (Wildman–Crippen LogP) is 3.18. The summed E-state index contributed by atoms with van der Waals surface area (Å²) in [5, 5.41) is 22.0. The molecule has 18 heavy (non-hydrogen) atoms. The topological polar surface area (TPSA) is 65.4 Å². The monoisotopic (exact) mass is 308 g/mol. The summed E-state index contributed by atoms with van der Waals surface area (Å²) < 4.78 is 0.820. The molecule has 0 radical (unpaired) electrons. The van der Waals surface area contributed by atoms with Crippen molar-refractivity contribution in [2.24, 2.45) is 0 Å². The molecule has 0 aliphatic heterocycles. The van der Waals surface area contributed by atoms with Crippen LogP contribution in [0.15, 0.2) is 35.1 Å². The van der Waals surface area contributed by atoms with Gasteiger partial charge in [-0.05, 0) is 46.6 Å². The molecule has 2 rings (SSSR count). The summed E-state index contributed by atoms with van der Waals surface area (Å²) in [6.07, 6.45) is 1.72. The maximum Gasteiger partial charge on any atom is 0.124 e. The normalized spacial score (nSPS) is 10.3. The van der Waals surface area contributed by atoms with Crippen LogP contribution in [0.25, 0.3) is 0 Å². The first-order valence-corrected chi connectivity index (χ1v) is 6.22. The maximum absolute atomic E-state index is 9.64. The molecule has 5 heteroatoms. The van der Waals surface area contributed by atoms with Gasteiger partial charge in [0, 0.05) is 18.2 Å². The van der Waals surface area contributed by atoms with Crippen LogP contribution < -0.4 is 5.32 Å². The molecule has 0 saturated carbocycles. The van der Waals surface area contributed by atoms with E-state index in [0.717, 1.165) is 15.9 Å². The fraction of sp³-hybridized carbons (Fsp3) is 0.154. The van der Waals surface area contributed by atoms with Crippen LogP contribution in [0, 0.1) is 6.92 Å². The Balaban J connectivity index is 2.09. The molecule has 1 aromatic carbocycles. The fourth-order valence-corrected chi connectivity index (χ4v) is 1.77. The van der Waals surface area contributed by atoms with Crippen molar-refractivity contribution in [3.05, 3.63) is 46.2 Å². The Morgan fingerprint density at radius 3 is 2.72 bits per heavy atom. The molecule has 3 N–H and O–H groups in total. The highest BCUT2D eigenvalue weighted by Gasteiger charge is 2.03. The van der Waals surface area contributed by atoms with Gasteiger partial charge in [0.25, 0.3) is 0 Å². The first-order valence-electron chi connectivity index (χ1n) is 5.43. The van der Waals surface area contributed by atoms with E-state index in [0.29, 0.717) is 12.1 Å². The zero-order valence-electron chi connectivity index (χ0n) is 9.81. The number of aromatic nitrogens is 1. The largest absolute Gasteiger partial charge is 0.508 e. The van der Waals surface area contributed by atoms with E-state index in [1.165, 1.54) is 6.07 Å². The number of anilines is 1. The first kappa shape index (κ1) is 12.7. The minimum atomic E-state index is 0.0532. The molecule has 0 saturated heterocycles. The van der Waals surface area contributed by atoms with E-state index in [9.17, 15) is 10.2 Å². The smallest absolute Gasteiger partial charge is 0.124 e. The van der Waals surface area contributed by atoms with Crippen LogP contribution >= 0.6 is 15.9 Å². The SMILES string of the molecule is Cc1cc(NCc2ccc(O)cc2O)cnc1Br. The molecule has 0 fully saturated rings. The summed E-state index contributed by atoms with van der Waals surface area (Å²) in [5.41, 5.74) is 2.63. The molecule has 4 nitrogen and oxygen atoms in total. The lowest BCUT2D eigenvalue weighted by atomic mass is 10.2. The third-order valence-corrected chi connectivity index (χ3v) is 3.40. The molecular weight excluding hydrogens is 296 g/mol. The molecule has 0 aliphatic carbocycles. The number of phenolic OH excluding ortho intramolecular Hbond substituents is 2. The van der Waals surface area contributed by atoms with Gasteiger partial charge >= 0.3 is 0 Å². The van der Waals surface area contributed by atoms with E-state index in [1.807, 2.05) is 13.0 Å². The number of nitrogens with zero attached hydrogens (tertiary/aromatic N) is 1. The minimum Gasteiger partial charge on any atom is -0.508 e. The van der Waals surface area contributed by atoms with Gasteiger partial charge in [-0.2, -0.15) is 0 Å². The van der Waals surface area contributed by atoms with Gasteiger partial charge in [0.1, 0.15) is 16.1 Å². The lowest BCUT2D eigenvalue weighted by Crippen LogP contribution is -2.00. The molecule has 0 amide bonds. The number of rotatable bonds is 3. The summed E-state index contributed by atoms with van der Waals surface area (Å²) >= 11 is 3.34. The molecule has 1 aromatic heterocycles. The lowest BCUT2D eigenvalue weighted by Gasteiger charge is -2.09. The molecule has 0 bridgehead atoms. The second kappa shape index (κ2) is 5.27. The summed E-state index contributed by atoms with van der Waals surface area (Å²) in [6.45, 7) is 2.43. The number of hydrogen-bond acceptors (Lipinski definition) is 4. The summed E-state index contributed by atoms with van der Waals surface area (Å²) in [5.74, 6) is 0.127. The van der Waals surface area contributed by atoms with Gasteiger partial charge in [0.05, 0.1) is 11.9 Å². The zero-order chi connectivity index (χ0) is 13.1. The molecule has 2 aromatic rings. The van der Waals surface area contributed by atoms with E-state index in [1.54, 1.807) is 18.3 Å². The molecule has 0 aliphatic rings. The number of aryl methyl sites for hydroxylation is 1. The van der Waals surface area contributed by atoms with E-state index in [2.05, 4.69) is 26.2 Å². The number of pyridine rings is 1. The Morgan fingerprint density at radius 2 is 2.06 bits per heavy atom. The number of hydrogen-bond donors (Lipinski definition) is 3. The van der Waals surface area contributed by atoms with Crippen molar-refractivity contribution in [2.75, 3.05) is 5.32 Å². The van der Waals surface area contributed by atoms with E-state index >= 15 is 0 Å². The van der Waals surface area contributed by atoms with Gasteiger partial charge < -0.3 is 15.5 Å². The van der Waals surface area contributed by atoms with Crippen LogP contribution in [0.5, 0.6) is 11.5 Å². The average molecular weight is 309 g/mol. The lowest BCUT2D eigenvalue weighted by molar-refractivity contribution is 0.446. The second-order valence-corrected chi connectivity index (χ2v) is 4.75. The van der Waals surface area contributed by atoms with Crippen LogP contribution in [0.4, 0.5) is 5.69 Å². The van der Waals surface area contributed by atoms with Crippen LogP contribution in [0.1, 0.15) is 11.1 Å². The quantitative estimate of drug-likeness (QED) is 0.762. The van der Waals surface area contributed by atoms with Crippen molar-refractivity contribution < 1.29 is 10.2 Å². The van der Waals surface area contributed by atoms with E-state index < -0.39 is 0 Å². The molecule has 0 unspecified atom stereocenters. The van der Waals surface area contributed by atoms with Crippen molar-refractivity contribution in [2.45, 2.75) is 13.5 Å². The standard InChI is InChI=1S/C13H13BrN2O2/c1-8-4-10(7-16-13(8)14)15-6-9-2-3-11(17)5-12(9)18/h2-5,7,15,17-18H,6H2,1H3. The van der Waals surface area contributed by atoms with Gasteiger partial charge in [0.2, 0.25) is 0 Å².